The highest BCUT2D eigenvalue weighted by atomic mass is 16.5. The Morgan fingerprint density at radius 3 is 2.68 bits per heavy atom. The van der Waals surface area contributed by atoms with Gasteiger partial charge in [0.1, 0.15) is 5.82 Å². The molecule has 34 heavy (non-hydrogen) atoms. The summed E-state index contributed by atoms with van der Waals surface area (Å²) in [6, 6.07) is -0.0132. The van der Waals surface area contributed by atoms with E-state index in [0.29, 0.717) is 13.2 Å². The molecule has 0 radical (unpaired) electrons. The highest BCUT2D eigenvalue weighted by molar-refractivity contribution is 5.83. The minimum Gasteiger partial charge on any atom is -0.378 e. The number of hydrogen-bond donors (Lipinski definition) is 2. The van der Waals surface area contributed by atoms with Crippen LogP contribution in [0, 0.1) is 0 Å². The lowest BCUT2D eigenvalue weighted by Crippen LogP contribution is -2.50. The molecule has 0 saturated carbocycles. The normalized spacial score (nSPS) is 27.3. The quantitative estimate of drug-likeness (QED) is 0.640. The summed E-state index contributed by atoms with van der Waals surface area (Å²) in [4.78, 5) is 37.8. The number of rotatable bonds is 4. The van der Waals surface area contributed by atoms with Crippen LogP contribution >= 0.6 is 0 Å². The van der Waals surface area contributed by atoms with Gasteiger partial charge in [-0.1, -0.05) is 0 Å². The third-order valence-corrected chi connectivity index (χ3v) is 7.65. The molecule has 3 saturated heterocycles. The number of carbonyl (C=O) groups excluding carboxylic acids is 1. The average molecular weight is 466 g/mol. The second-order valence-electron chi connectivity index (χ2n) is 9.82. The van der Waals surface area contributed by atoms with Crippen LogP contribution in [0.15, 0.2) is 12.4 Å². The predicted octanol–water partition coefficient (Wildman–Crippen LogP) is 0.0678. The fraction of sp³-hybridized carbons (Fsp3) is 0.609. The Hall–Kier alpha value is -3.05. The molecule has 180 valence electrons. The van der Waals surface area contributed by atoms with Gasteiger partial charge in [-0.3, -0.25) is 9.69 Å². The zero-order valence-corrected chi connectivity index (χ0v) is 19.5. The predicted molar refractivity (Wildman–Crippen MR) is 128 cm³/mol. The van der Waals surface area contributed by atoms with Crippen LogP contribution in [0.2, 0.25) is 0 Å². The third-order valence-electron chi connectivity index (χ3n) is 7.65. The van der Waals surface area contributed by atoms with E-state index in [1.165, 1.54) is 0 Å². The molecule has 0 aromatic carbocycles. The van der Waals surface area contributed by atoms with Gasteiger partial charge in [-0.25, -0.2) is 15.0 Å². The van der Waals surface area contributed by atoms with Crippen molar-refractivity contribution in [1.29, 1.82) is 0 Å². The van der Waals surface area contributed by atoms with Gasteiger partial charge in [0.15, 0.2) is 0 Å². The van der Waals surface area contributed by atoms with E-state index in [4.69, 9.17) is 20.4 Å². The zero-order valence-electron chi connectivity index (χ0n) is 19.5. The molecule has 4 aliphatic rings. The molecule has 4 aliphatic heterocycles. The summed E-state index contributed by atoms with van der Waals surface area (Å²) < 4.78 is 5.55. The van der Waals surface area contributed by atoms with Crippen molar-refractivity contribution in [1.82, 2.24) is 30.2 Å². The first-order valence-corrected chi connectivity index (χ1v) is 12.1. The van der Waals surface area contributed by atoms with Gasteiger partial charge in [0.25, 0.3) is 0 Å². The summed E-state index contributed by atoms with van der Waals surface area (Å²) in [6.45, 7) is 8.57. The Labute approximate surface area is 198 Å². The molecule has 11 nitrogen and oxygen atoms in total. The second-order valence-corrected chi connectivity index (χ2v) is 9.82. The van der Waals surface area contributed by atoms with Gasteiger partial charge >= 0.3 is 0 Å². The first kappa shape index (κ1) is 21.5. The fourth-order valence-electron chi connectivity index (χ4n) is 5.77. The lowest BCUT2D eigenvalue weighted by molar-refractivity contribution is -0.123. The summed E-state index contributed by atoms with van der Waals surface area (Å²) in [5.74, 6) is 2.12. The average Bonchev–Trinajstić information content (AvgIpc) is 3.58. The standard InChI is InChI=1S/C23H31N9O2/c1-23(4-7-31(14-23)17-2-5-25-20(17)33)32-6-3-16-18(15-12-26-21(24)27-13-15)28-22(29-19(16)32)30-8-10-34-11-9-30/h12-13,17H,2-11,14H2,1H3,(H,25,33)(H2,24,26,27)/t17?,23-/m0/s1. The van der Waals surface area contributed by atoms with Crippen molar-refractivity contribution in [2.75, 3.05) is 68.0 Å². The third kappa shape index (κ3) is 3.63. The van der Waals surface area contributed by atoms with E-state index in [9.17, 15) is 4.79 Å². The van der Waals surface area contributed by atoms with E-state index < -0.39 is 0 Å². The van der Waals surface area contributed by atoms with Gasteiger partial charge < -0.3 is 25.6 Å². The van der Waals surface area contributed by atoms with Crippen molar-refractivity contribution in [3.8, 4) is 11.3 Å². The maximum atomic E-state index is 12.3. The maximum Gasteiger partial charge on any atom is 0.237 e. The number of fused-ring (bicyclic) bond motifs is 1. The van der Waals surface area contributed by atoms with Crippen molar-refractivity contribution >= 4 is 23.6 Å². The lowest BCUT2D eigenvalue weighted by atomic mass is 9.99. The van der Waals surface area contributed by atoms with Crippen LogP contribution in [0.3, 0.4) is 0 Å². The molecule has 0 bridgehead atoms. The lowest BCUT2D eigenvalue weighted by Gasteiger charge is -2.38. The number of aromatic nitrogens is 4. The molecule has 2 atom stereocenters. The van der Waals surface area contributed by atoms with E-state index in [0.717, 1.165) is 87.1 Å². The number of likely N-dealkylation sites (tertiary alicyclic amines) is 1. The molecule has 6 heterocycles. The number of nitrogens with one attached hydrogen (secondary N) is 1. The zero-order chi connectivity index (χ0) is 23.3. The summed E-state index contributed by atoms with van der Waals surface area (Å²) >= 11 is 0. The van der Waals surface area contributed by atoms with Crippen molar-refractivity contribution in [3.63, 3.8) is 0 Å². The van der Waals surface area contributed by atoms with E-state index in [1.54, 1.807) is 12.4 Å². The van der Waals surface area contributed by atoms with Crippen LogP contribution < -0.4 is 20.9 Å². The van der Waals surface area contributed by atoms with E-state index in [2.05, 4.69) is 36.9 Å². The Morgan fingerprint density at radius 2 is 1.94 bits per heavy atom. The van der Waals surface area contributed by atoms with Gasteiger partial charge in [0.05, 0.1) is 30.5 Å². The maximum absolute atomic E-state index is 12.3. The summed E-state index contributed by atoms with van der Waals surface area (Å²) in [6.07, 6.45) is 6.23. The summed E-state index contributed by atoms with van der Waals surface area (Å²) in [5.41, 5.74) is 8.50. The number of hydrogen-bond acceptors (Lipinski definition) is 10. The smallest absolute Gasteiger partial charge is 0.237 e. The summed E-state index contributed by atoms with van der Waals surface area (Å²) in [7, 11) is 0. The van der Waals surface area contributed by atoms with E-state index in [-0.39, 0.29) is 23.4 Å². The number of morpholine rings is 1. The highest BCUT2D eigenvalue weighted by Gasteiger charge is 2.46. The van der Waals surface area contributed by atoms with Gasteiger partial charge in [0.2, 0.25) is 17.8 Å². The number of anilines is 3. The van der Waals surface area contributed by atoms with Crippen LogP contribution in [0.5, 0.6) is 0 Å². The van der Waals surface area contributed by atoms with Crippen LogP contribution in [0.25, 0.3) is 11.3 Å². The Kier molecular flexibility index (Phi) is 5.25. The molecule has 2 aromatic rings. The van der Waals surface area contributed by atoms with Crippen molar-refractivity contribution < 1.29 is 9.53 Å². The fourth-order valence-corrected chi connectivity index (χ4v) is 5.77. The number of nitrogens with two attached hydrogens (primary N) is 1. The van der Waals surface area contributed by atoms with Crippen molar-refractivity contribution in [2.24, 2.45) is 0 Å². The molecule has 3 N–H and O–H groups in total. The van der Waals surface area contributed by atoms with E-state index >= 15 is 0 Å². The monoisotopic (exact) mass is 465 g/mol. The molecule has 11 heteroatoms. The van der Waals surface area contributed by atoms with Crippen molar-refractivity contribution in [2.45, 2.75) is 37.8 Å². The molecule has 1 amide bonds. The van der Waals surface area contributed by atoms with Crippen molar-refractivity contribution in [3.05, 3.63) is 18.0 Å². The minimum atomic E-state index is -0.0976. The number of nitrogen functional groups attached to an aromatic ring is 1. The number of carbonyl (C=O) groups is 1. The topological polar surface area (TPSA) is 126 Å². The van der Waals surface area contributed by atoms with Gasteiger partial charge in [0, 0.05) is 62.8 Å². The molecule has 0 aliphatic carbocycles. The summed E-state index contributed by atoms with van der Waals surface area (Å²) in [5, 5.41) is 2.98. The van der Waals surface area contributed by atoms with Crippen LogP contribution in [-0.2, 0) is 16.0 Å². The van der Waals surface area contributed by atoms with Crippen LogP contribution in [0.4, 0.5) is 17.7 Å². The van der Waals surface area contributed by atoms with E-state index in [1.807, 2.05) is 0 Å². The number of amides is 1. The first-order chi connectivity index (χ1) is 16.5. The number of ether oxygens (including phenoxy) is 1. The Bertz CT molecular complexity index is 1090. The largest absolute Gasteiger partial charge is 0.378 e. The van der Waals surface area contributed by atoms with Gasteiger partial charge in [-0.05, 0) is 26.2 Å². The molecule has 1 unspecified atom stereocenters. The molecule has 2 aromatic heterocycles. The number of nitrogens with zero attached hydrogens (tertiary/aromatic N) is 7. The highest BCUT2D eigenvalue weighted by Crippen LogP contribution is 2.42. The van der Waals surface area contributed by atoms with Crippen LogP contribution in [0.1, 0.15) is 25.3 Å². The molecule has 6 rings (SSSR count). The molecular formula is C23H31N9O2. The first-order valence-electron chi connectivity index (χ1n) is 12.1. The second kappa shape index (κ2) is 8.31. The van der Waals surface area contributed by atoms with Crippen LogP contribution in [-0.4, -0.2) is 94.8 Å². The van der Waals surface area contributed by atoms with Gasteiger partial charge in [-0.2, -0.15) is 4.98 Å². The SMILES string of the molecule is C[C@]1(N2CCc3c(-c4cnc(N)nc4)nc(N4CCOCC4)nc32)CCN(C2CCNC2=O)C1. The van der Waals surface area contributed by atoms with Gasteiger partial charge in [-0.15, -0.1) is 0 Å². The molecular weight excluding hydrogens is 434 g/mol. The molecule has 0 spiro atoms. The Balaban J connectivity index is 1.37. The molecule has 3 fully saturated rings. The minimum absolute atomic E-state index is 0.0132. The Morgan fingerprint density at radius 1 is 1.15 bits per heavy atom.